The van der Waals surface area contributed by atoms with Gasteiger partial charge in [-0.05, 0) is 53.3 Å². The second-order valence-electron chi connectivity index (χ2n) is 5.44. The first kappa shape index (κ1) is 15.9. The highest BCUT2D eigenvalue weighted by atomic mass is 127. The number of anilines is 1. The molecule has 1 aromatic rings. The number of carbonyl (C=O) groups is 2. The highest BCUT2D eigenvalue weighted by Gasteiger charge is 2.21. The van der Waals surface area contributed by atoms with Crippen LogP contribution < -0.4 is 10.6 Å². The van der Waals surface area contributed by atoms with Gasteiger partial charge in [-0.3, -0.25) is 9.59 Å². The smallest absolute Gasteiger partial charge is 0.243 e. The van der Waals surface area contributed by atoms with E-state index in [1.54, 1.807) is 0 Å². The molecule has 0 unspecified atom stereocenters. The van der Waals surface area contributed by atoms with Crippen molar-refractivity contribution in [2.75, 3.05) is 11.9 Å². The van der Waals surface area contributed by atoms with Crippen LogP contribution in [0.1, 0.15) is 26.3 Å². The lowest BCUT2D eigenvalue weighted by Crippen LogP contribution is -2.39. The number of nitrogens with one attached hydrogen (secondary N) is 2. The molecule has 0 aliphatic carbocycles. The van der Waals surface area contributed by atoms with Crippen molar-refractivity contribution < 1.29 is 9.59 Å². The van der Waals surface area contributed by atoms with E-state index in [1.165, 1.54) is 0 Å². The fourth-order valence-electron chi connectivity index (χ4n) is 1.39. The van der Waals surface area contributed by atoms with Crippen molar-refractivity contribution in [3.05, 3.63) is 27.3 Å². The quantitative estimate of drug-likeness (QED) is 0.800. The van der Waals surface area contributed by atoms with Crippen LogP contribution in [0.15, 0.2) is 18.2 Å². The molecule has 4 nitrogen and oxygen atoms in total. The first-order valence-corrected chi connectivity index (χ1v) is 7.12. The van der Waals surface area contributed by atoms with Crippen molar-refractivity contribution in [2.45, 2.75) is 27.7 Å². The second kappa shape index (κ2) is 6.36. The van der Waals surface area contributed by atoms with E-state index in [0.717, 1.165) is 14.8 Å². The van der Waals surface area contributed by atoms with Gasteiger partial charge in [-0.25, -0.2) is 0 Å². The van der Waals surface area contributed by atoms with Crippen LogP contribution in [0.5, 0.6) is 0 Å². The topological polar surface area (TPSA) is 58.2 Å². The molecule has 1 aromatic carbocycles. The third-order valence-corrected chi connectivity index (χ3v) is 3.22. The number of halogens is 1. The van der Waals surface area contributed by atoms with Crippen LogP contribution in [0.2, 0.25) is 0 Å². The van der Waals surface area contributed by atoms with Gasteiger partial charge in [0.1, 0.15) is 0 Å². The number of amides is 2. The highest BCUT2D eigenvalue weighted by molar-refractivity contribution is 14.1. The number of carbonyl (C=O) groups excluding carboxylic acids is 2. The van der Waals surface area contributed by atoms with Crippen LogP contribution in [0.3, 0.4) is 0 Å². The number of benzene rings is 1. The summed E-state index contributed by atoms with van der Waals surface area (Å²) >= 11 is 2.22. The lowest BCUT2D eigenvalue weighted by atomic mass is 9.96. The molecule has 5 heteroatoms. The van der Waals surface area contributed by atoms with Gasteiger partial charge in [0.25, 0.3) is 0 Å². The maximum Gasteiger partial charge on any atom is 0.243 e. The van der Waals surface area contributed by atoms with Crippen molar-refractivity contribution >= 4 is 40.1 Å². The molecule has 0 saturated heterocycles. The molecule has 0 radical (unpaired) electrons. The average molecular weight is 374 g/mol. The third kappa shape index (κ3) is 5.18. The van der Waals surface area contributed by atoms with Gasteiger partial charge in [0.05, 0.1) is 6.54 Å². The first-order valence-electron chi connectivity index (χ1n) is 6.04. The van der Waals surface area contributed by atoms with Crippen LogP contribution in [0, 0.1) is 15.9 Å². The summed E-state index contributed by atoms with van der Waals surface area (Å²) in [5.41, 5.74) is 1.29. The summed E-state index contributed by atoms with van der Waals surface area (Å²) in [6, 6.07) is 5.78. The van der Waals surface area contributed by atoms with Crippen molar-refractivity contribution in [2.24, 2.45) is 5.41 Å². The molecule has 0 aliphatic rings. The van der Waals surface area contributed by atoms with Gasteiger partial charge in [0, 0.05) is 14.7 Å². The Morgan fingerprint density at radius 3 is 2.42 bits per heavy atom. The van der Waals surface area contributed by atoms with Crippen LogP contribution in [0.4, 0.5) is 5.69 Å². The largest absolute Gasteiger partial charge is 0.347 e. The van der Waals surface area contributed by atoms with E-state index in [4.69, 9.17) is 0 Å². The Labute approximate surface area is 127 Å². The SMILES string of the molecule is Cc1cc(I)ccc1NC(=O)CNC(=O)C(C)(C)C. The molecule has 104 valence electrons. The summed E-state index contributed by atoms with van der Waals surface area (Å²) in [6.07, 6.45) is 0. The summed E-state index contributed by atoms with van der Waals surface area (Å²) in [4.78, 5) is 23.4. The van der Waals surface area contributed by atoms with E-state index in [2.05, 4.69) is 33.2 Å². The molecular weight excluding hydrogens is 355 g/mol. The molecule has 0 heterocycles. The molecule has 2 amide bonds. The molecule has 0 atom stereocenters. The van der Waals surface area contributed by atoms with Gasteiger partial charge < -0.3 is 10.6 Å². The fourth-order valence-corrected chi connectivity index (χ4v) is 2.03. The van der Waals surface area contributed by atoms with Gasteiger partial charge in [0.2, 0.25) is 11.8 Å². The van der Waals surface area contributed by atoms with Gasteiger partial charge >= 0.3 is 0 Å². The van der Waals surface area contributed by atoms with Gasteiger partial charge in [-0.1, -0.05) is 20.8 Å². The Kier molecular flexibility index (Phi) is 5.34. The fraction of sp³-hybridized carbons (Fsp3) is 0.429. The minimum atomic E-state index is -0.487. The standard InChI is InChI=1S/C14H19IN2O2/c1-9-7-10(15)5-6-11(9)17-12(18)8-16-13(19)14(2,3)4/h5-7H,8H2,1-4H3,(H,16,19)(H,17,18). The first-order chi connectivity index (χ1) is 8.70. The molecule has 2 N–H and O–H groups in total. The van der Waals surface area contributed by atoms with E-state index in [9.17, 15) is 9.59 Å². The molecule has 0 fully saturated rings. The third-order valence-electron chi connectivity index (χ3n) is 2.55. The molecular formula is C14H19IN2O2. The summed E-state index contributed by atoms with van der Waals surface area (Å²) in [5, 5.41) is 5.41. The van der Waals surface area contributed by atoms with E-state index in [1.807, 2.05) is 45.9 Å². The highest BCUT2D eigenvalue weighted by Crippen LogP contribution is 2.17. The Balaban J connectivity index is 2.54. The maximum absolute atomic E-state index is 11.8. The lowest BCUT2D eigenvalue weighted by molar-refractivity contribution is -0.130. The van der Waals surface area contributed by atoms with Gasteiger partial charge in [0.15, 0.2) is 0 Å². The minimum absolute atomic E-state index is 0.0124. The lowest BCUT2D eigenvalue weighted by Gasteiger charge is -2.17. The summed E-state index contributed by atoms with van der Waals surface area (Å²) < 4.78 is 1.12. The molecule has 0 spiro atoms. The predicted octanol–water partition coefficient (Wildman–Crippen LogP) is 2.70. The van der Waals surface area contributed by atoms with Crippen LogP contribution in [-0.4, -0.2) is 18.4 Å². The van der Waals surface area contributed by atoms with Crippen molar-refractivity contribution in [1.29, 1.82) is 0 Å². The number of hydrogen-bond donors (Lipinski definition) is 2. The van der Waals surface area contributed by atoms with E-state index in [0.29, 0.717) is 0 Å². The molecule has 0 aromatic heterocycles. The molecule has 0 saturated carbocycles. The minimum Gasteiger partial charge on any atom is -0.347 e. The molecule has 0 bridgehead atoms. The Morgan fingerprint density at radius 1 is 1.26 bits per heavy atom. The second-order valence-corrected chi connectivity index (χ2v) is 6.69. The van der Waals surface area contributed by atoms with Gasteiger partial charge in [-0.2, -0.15) is 0 Å². The van der Waals surface area contributed by atoms with Crippen molar-refractivity contribution in [3.8, 4) is 0 Å². The molecule has 0 aliphatic heterocycles. The maximum atomic E-state index is 11.8. The van der Waals surface area contributed by atoms with Crippen LogP contribution >= 0.6 is 22.6 Å². The normalized spacial score (nSPS) is 11.0. The van der Waals surface area contributed by atoms with Crippen LogP contribution in [0.25, 0.3) is 0 Å². The Hall–Kier alpha value is -1.11. The summed E-state index contributed by atoms with van der Waals surface area (Å²) in [6.45, 7) is 7.35. The zero-order valence-electron chi connectivity index (χ0n) is 11.6. The van der Waals surface area contributed by atoms with Gasteiger partial charge in [-0.15, -0.1) is 0 Å². The summed E-state index contributed by atoms with van der Waals surface area (Å²) in [5.74, 6) is -0.358. The number of hydrogen-bond acceptors (Lipinski definition) is 2. The van der Waals surface area contributed by atoms with Crippen molar-refractivity contribution in [3.63, 3.8) is 0 Å². The number of aryl methyl sites for hydroxylation is 1. The van der Waals surface area contributed by atoms with E-state index in [-0.39, 0.29) is 18.4 Å². The number of rotatable bonds is 3. The molecule has 1 rings (SSSR count). The molecule has 19 heavy (non-hydrogen) atoms. The predicted molar refractivity (Wildman–Crippen MR) is 85.0 cm³/mol. The van der Waals surface area contributed by atoms with Crippen molar-refractivity contribution in [1.82, 2.24) is 5.32 Å². The zero-order chi connectivity index (χ0) is 14.6. The monoisotopic (exact) mass is 374 g/mol. The Bertz CT molecular complexity index is 493. The van der Waals surface area contributed by atoms with Crippen LogP contribution in [-0.2, 0) is 9.59 Å². The average Bonchev–Trinajstić information content (AvgIpc) is 2.28. The zero-order valence-corrected chi connectivity index (χ0v) is 13.8. The Morgan fingerprint density at radius 2 is 1.89 bits per heavy atom. The van der Waals surface area contributed by atoms with E-state index >= 15 is 0 Å². The van der Waals surface area contributed by atoms with E-state index < -0.39 is 5.41 Å². The summed E-state index contributed by atoms with van der Waals surface area (Å²) in [7, 11) is 0.